The molecule has 0 heterocycles. The van der Waals surface area contributed by atoms with E-state index in [-0.39, 0.29) is 24.9 Å². The normalized spacial score (nSPS) is 14.2. The van der Waals surface area contributed by atoms with Crippen molar-refractivity contribution < 1.29 is 28.8 Å². The Labute approximate surface area is 190 Å². The number of rotatable bonds is 15. The van der Waals surface area contributed by atoms with E-state index >= 15 is 0 Å². The molecule has 0 aliphatic carbocycles. The summed E-state index contributed by atoms with van der Waals surface area (Å²) in [5.41, 5.74) is 3.52. The average Bonchev–Trinajstić information content (AvgIpc) is 2.78. The Morgan fingerprint density at radius 1 is 1.12 bits per heavy atom. The number of carboxylic acid groups (broad SMARTS) is 1. The maximum Gasteiger partial charge on any atom is 0.303 e. The summed E-state index contributed by atoms with van der Waals surface area (Å²) < 4.78 is 18.6. The molecule has 0 bridgehead atoms. The monoisotopic (exact) mass is 447 g/mol. The van der Waals surface area contributed by atoms with Crippen LogP contribution in [0.15, 0.2) is 64.2 Å². The second-order valence-corrected chi connectivity index (χ2v) is 7.07. The third kappa shape index (κ3) is 11.7. The van der Waals surface area contributed by atoms with Crippen molar-refractivity contribution in [1.29, 1.82) is 0 Å². The maximum atomic E-state index is 13.2. The van der Waals surface area contributed by atoms with Crippen molar-refractivity contribution in [1.82, 2.24) is 0 Å². The summed E-state index contributed by atoms with van der Waals surface area (Å²) >= 11 is 0. The second kappa shape index (κ2) is 16.1. The lowest BCUT2D eigenvalue weighted by Crippen LogP contribution is -2.14. The number of methoxy groups -OCH3 is 1. The van der Waals surface area contributed by atoms with E-state index in [1.54, 1.807) is 25.5 Å². The fraction of sp³-hybridized carbons (Fsp3) is 0.440. The molecule has 0 aromatic heterocycles. The molecular formula is C25H34FNO5. The molecule has 0 radical (unpaired) electrons. The molecular weight excluding hydrogens is 413 g/mol. The van der Waals surface area contributed by atoms with E-state index in [1.807, 2.05) is 39.0 Å². The van der Waals surface area contributed by atoms with Gasteiger partial charge in [0.25, 0.3) is 0 Å². The van der Waals surface area contributed by atoms with E-state index in [0.29, 0.717) is 26.0 Å². The summed E-state index contributed by atoms with van der Waals surface area (Å²) in [6.45, 7) is 6.92. The molecule has 176 valence electrons. The second-order valence-electron chi connectivity index (χ2n) is 7.07. The molecule has 1 rings (SSSR count). The molecule has 0 fully saturated rings. The number of ether oxygens (including phenoxy) is 1. The van der Waals surface area contributed by atoms with Gasteiger partial charge >= 0.3 is 5.97 Å². The predicted molar refractivity (Wildman–Crippen MR) is 124 cm³/mol. The number of carboxylic acids is 1. The minimum Gasteiger partial charge on any atom is -0.481 e. The number of benzene rings is 1. The first kappa shape index (κ1) is 27.4. The van der Waals surface area contributed by atoms with Gasteiger partial charge in [0.1, 0.15) is 12.4 Å². The van der Waals surface area contributed by atoms with Gasteiger partial charge in [-0.2, -0.15) is 0 Å². The fourth-order valence-electron chi connectivity index (χ4n) is 2.72. The highest BCUT2D eigenvalue weighted by atomic mass is 19.1. The van der Waals surface area contributed by atoms with Crippen LogP contribution in [-0.2, 0) is 25.7 Å². The van der Waals surface area contributed by atoms with Gasteiger partial charge in [0.15, 0.2) is 0 Å². The average molecular weight is 448 g/mol. The molecule has 1 aromatic rings. The maximum absolute atomic E-state index is 13.2. The van der Waals surface area contributed by atoms with Gasteiger partial charge < -0.3 is 9.84 Å². The molecule has 0 aliphatic heterocycles. The lowest BCUT2D eigenvalue weighted by Gasteiger charge is -2.15. The first-order valence-corrected chi connectivity index (χ1v) is 10.7. The lowest BCUT2D eigenvalue weighted by molar-refractivity contribution is -0.285. The molecule has 7 heteroatoms. The molecule has 1 N–H and O–H groups in total. The molecule has 1 unspecified atom stereocenters. The summed E-state index contributed by atoms with van der Waals surface area (Å²) in [5, 5.41) is 9.15. The number of nitrogens with zero attached hydrogens (tertiary/aromatic N) is 1. The van der Waals surface area contributed by atoms with Crippen molar-refractivity contribution in [3.8, 4) is 0 Å². The van der Waals surface area contributed by atoms with Crippen molar-refractivity contribution in [2.24, 2.45) is 4.99 Å². The zero-order chi connectivity index (χ0) is 23.8. The number of hydrogen-bond acceptors (Lipinski definition) is 5. The van der Waals surface area contributed by atoms with Crippen LogP contribution in [0, 0.1) is 5.82 Å². The van der Waals surface area contributed by atoms with Crippen LogP contribution < -0.4 is 0 Å². The molecule has 0 aliphatic rings. The van der Waals surface area contributed by atoms with Crippen LogP contribution in [0.5, 0.6) is 0 Å². The molecule has 0 saturated carbocycles. The minimum atomic E-state index is -0.876. The predicted octanol–water partition coefficient (Wildman–Crippen LogP) is 5.11. The summed E-state index contributed by atoms with van der Waals surface area (Å²) in [5.74, 6) is -1.16. The van der Waals surface area contributed by atoms with Crippen LogP contribution in [0.3, 0.4) is 0 Å². The largest absolute Gasteiger partial charge is 0.481 e. The van der Waals surface area contributed by atoms with E-state index in [4.69, 9.17) is 19.6 Å². The van der Waals surface area contributed by atoms with Gasteiger partial charge in [0.05, 0.1) is 12.7 Å². The first-order chi connectivity index (χ1) is 15.4. The SMILES string of the molecule is CCN=C\C(=C/C=C(/C=C(/COOCC)C(C)OC)CCC(=O)O)Cc1ccc(F)cc1. The van der Waals surface area contributed by atoms with Crippen molar-refractivity contribution >= 4 is 12.2 Å². The topological polar surface area (TPSA) is 77.3 Å². The van der Waals surface area contributed by atoms with Crippen molar-refractivity contribution in [3.05, 3.63) is 70.6 Å². The Morgan fingerprint density at radius 3 is 2.41 bits per heavy atom. The molecule has 0 spiro atoms. The van der Waals surface area contributed by atoms with Gasteiger partial charge in [-0.05, 0) is 68.0 Å². The Hall–Kier alpha value is -2.61. The quantitative estimate of drug-likeness (QED) is 0.133. The number of allylic oxidation sites excluding steroid dienone is 5. The van der Waals surface area contributed by atoms with Crippen LogP contribution in [0.1, 0.15) is 39.2 Å². The van der Waals surface area contributed by atoms with E-state index < -0.39 is 5.97 Å². The molecule has 0 saturated heterocycles. The summed E-state index contributed by atoms with van der Waals surface area (Å²) in [4.78, 5) is 25.7. The summed E-state index contributed by atoms with van der Waals surface area (Å²) in [6.07, 6.45) is 8.15. The Kier molecular flexibility index (Phi) is 13.8. The van der Waals surface area contributed by atoms with Gasteiger partial charge in [0, 0.05) is 26.3 Å². The van der Waals surface area contributed by atoms with Crippen molar-refractivity contribution in [2.75, 3.05) is 26.9 Å². The molecule has 1 atom stereocenters. The third-order valence-corrected chi connectivity index (χ3v) is 4.57. The fourth-order valence-corrected chi connectivity index (χ4v) is 2.72. The van der Waals surface area contributed by atoms with Crippen LogP contribution in [0.25, 0.3) is 0 Å². The summed E-state index contributed by atoms with van der Waals surface area (Å²) in [7, 11) is 1.60. The highest BCUT2D eigenvalue weighted by molar-refractivity contribution is 5.79. The highest BCUT2D eigenvalue weighted by Gasteiger charge is 2.11. The van der Waals surface area contributed by atoms with Gasteiger partial charge in [-0.15, -0.1) is 0 Å². The summed E-state index contributed by atoms with van der Waals surface area (Å²) in [6, 6.07) is 6.33. The van der Waals surface area contributed by atoms with Crippen LogP contribution >= 0.6 is 0 Å². The standard InChI is InChI=1S/C25H34FNO5/c1-5-27-17-22(15-20-9-12-24(26)13-10-20)8-7-21(11-14-25(28)29)16-23(19(3)30-4)18-32-31-6-2/h7-10,12-13,16-17,19H,5-6,11,14-15,18H2,1-4H3,(H,28,29)/b21-7+,22-8-,23-16-,27-17?. The van der Waals surface area contributed by atoms with Crippen LogP contribution in [0.2, 0.25) is 0 Å². The lowest BCUT2D eigenvalue weighted by atomic mass is 10.0. The molecule has 32 heavy (non-hydrogen) atoms. The number of aliphatic carboxylic acids is 1. The Morgan fingerprint density at radius 2 is 1.81 bits per heavy atom. The van der Waals surface area contributed by atoms with Gasteiger partial charge in [-0.3, -0.25) is 9.79 Å². The Balaban J connectivity index is 3.24. The zero-order valence-electron chi connectivity index (χ0n) is 19.3. The van der Waals surface area contributed by atoms with E-state index in [0.717, 1.165) is 22.3 Å². The molecule has 6 nitrogen and oxygen atoms in total. The Bertz CT molecular complexity index is 812. The highest BCUT2D eigenvalue weighted by Crippen LogP contribution is 2.17. The minimum absolute atomic E-state index is 0.00647. The zero-order valence-corrected chi connectivity index (χ0v) is 19.3. The van der Waals surface area contributed by atoms with Crippen LogP contribution in [-0.4, -0.2) is 50.3 Å². The van der Waals surface area contributed by atoms with Crippen molar-refractivity contribution in [3.63, 3.8) is 0 Å². The van der Waals surface area contributed by atoms with Gasteiger partial charge in [-0.1, -0.05) is 30.4 Å². The van der Waals surface area contributed by atoms with Crippen molar-refractivity contribution in [2.45, 2.75) is 46.1 Å². The van der Waals surface area contributed by atoms with E-state index in [2.05, 4.69) is 4.99 Å². The van der Waals surface area contributed by atoms with Gasteiger partial charge in [0.2, 0.25) is 0 Å². The van der Waals surface area contributed by atoms with Gasteiger partial charge in [-0.25, -0.2) is 14.2 Å². The third-order valence-electron chi connectivity index (χ3n) is 4.57. The first-order valence-electron chi connectivity index (χ1n) is 10.7. The molecule has 1 aromatic carbocycles. The number of hydrogen-bond donors (Lipinski definition) is 1. The number of carbonyl (C=O) groups is 1. The van der Waals surface area contributed by atoms with E-state index in [1.165, 1.54) is 12.1 Å². The molecule has 0 amide bonds. The van der Waals surface area contributed by atoms with E-state index in [9.17, 15) is 9.18 Å². The smallest absolute Gasteiger partial charge is 0.303 e. The van der Waals surface area contributed by atoms with Crippen LogP contribution in [0.4, 0.5) is 4.39 Å². The number of aliphatic imine (C=N–C) groups is 1. The number of halogens is 1.